The van der Waals surface area contributed by atoms with Gasteiger partial charge in [-0.1, -0.05) is 6.07 Å². The summed E-state index contributed by atoms with van der Waals surface area (Å²) in [5, 5.41) is 5.70. The van der Waals surface area contributed by atoms with Crippen LogP contribution in [0.15, 0.2) is 41.0 Å². The number of benzene rings is 1. The lowest BCUT2D eigenvalue weighted by Crippen LogP contribution is -2.31. The van der Waals surface area contributed by atoms with Crippen LogP contribution < -0.4 is 20.1 Å². The first-order valence-corrected chi connectivity index (χ1v) is 8.91. The van der Waals surface area contributed by atoms with Crippen molar-refractivity contribution in [3.63, 3.8) is 0 Å². The number of ether oxygens (including phenoxy) is 2. The summed E-state index contributed by atoms with van der Waals surface area (Å²) in [6.45, 7) is 0.849. The van der Waals surface area contributed by atoms with Gasteiger partial charge in [0.2, 0.25) is 11.8 Å². The summed E-state index contributed by atoms with van der Waals surface area (Å²) < 4.78 is 15.7. The number of methoxy groups -OCH3 is 2. The monoisotopic (exact) mass is 372 g/mol. The van der Waals surface area contributed by atoms with E-state index in [1.165, 1.54) is 0 Å². The van der Waals surface area contributed by atoms with Gasteiger partial charge in [-0.05, 0) is 42.7 Å². The fraction of sp³-hybridized carbons (Fsp3) is 0.400. The molecule has 0 saturated heterocycles. The molecule has 1 aliphatic carbocycles. The number of rotatable bonds is 9. The maximum atomic E-state index is 12.2. The average molecular weight is 372 g/mol. The lowest BCUT2D eigenvalue weighted by atomic mass is 10.1. The van der Waals surface area contributed by atoms with Crippen molar-refractivity contribution in [3.05, 3.63) is 47.9 Å². The van der Waals surface area contributed by atoms with Crippen molar-refractivity contribution in [2.75, 3.05) is 20.8 Å². The van der Waals surface area contributed by atoms with Crippen molar-refractivity contribution < 1.29 is 23.5 Å². The molecule has 0 aliphatic heterocycles. The minimum atomic E-state index is -0.249. The molecule has 2 atom stereocenters. The van der Waals surface area contributed by atoms with Gasteiger partial charge in [-0.25, -0.2) is 0 Å². The molecule has 0 spiro atoms. The summed E-state index contributed by atoms with van der Waals surface area (Å²) in [6.07, 6.45) is 2.83. The molecule has 2 unspecified atom stereocenters. The lowest BCUT2D eigenvalue weighted by molar-refractivity contribution is -0.127. The minimum absolute atomic E-state index is 0.0753. The molecule has 1 aliphatic rings. The molecule has 27 heavy (non-hydrogen) atoms. The standard InChI is InChI=1S/C20H24N2O5/c1-25-17-6-5-13(10-18(17)26-2)7-8-21-19(23)15-11-16(15)20(24)22-12-14-4-3-9-27-14/h3-6,9-10,15-16H,7-8,11-12H2,1-2H3,(H,21,23)(H,22,24). The molecule has 2 N–H and O–H groups in total. The smallest absolute Gasteiger partial charge is 0.224 e. The largest absolute Gasteiger partial charge is 0.493 e. The topological polar surface area (TPSA) is 89.8 Å². The molecule has 1 heterocycles. The van der Waals surface area contributed by atoms with Gasteiger partial charge in [0.25, 0.3) is 0 Å². The van der Waals surface area contributed by atoms with Crippen molar-refractivity contribution in [2.45, 2.75) is 19.4 Å². The van der Waals surface area contributed by atoms with Crippen LogP contribution in [0.1, 0.15) is 17.7 Å². The van der Waals surface area contributed by atoms with Crippen molar-refractivity contribution in [1.82, 2.24) is 10.6 Å². The van der Waals surface area contributed by atoms with Gasteiger partial charge in [0.15, 0.2) is 11.5 Å². The SMILES string of the molecule is COc1ccc(CCNC(=O)C2CC2C(=O)NCc2ccco2)cc1OC. The van der Waals surface area contributed by atoms with E-state index < -0.39 is 0 Å². The van der Waals surface area contributed by atoms with E-state index in [2.05, 4.69) is 10.6 Å². The van der Waals surface area contributed by atoms with Crippen LogP contribution >= 0.6 is 0 Å². The van der Waals surface area contributed by atoms with E-state index in [-0.39, 0.29) is 23.7 Å². The first-order valence-electron chi connectivity index (χ1n) is 8.91. The highest BCUT2D eigenvalue weighted by atomic mass is 16.5. The lowest BCUT2D eigenvalue weighted by Gasteiger charge is -2.10. The summed E-state index contributed by atoms with van der Waals surface area (Å²) in [6, 6.07) is 9.25. The van der Waals surface area contributed by atoms with Gasteiger partial charge in [0.1, 0.15) is 5.76 Å². The second kappa shape index (κ2) is 8.62. The third-order valence-corrected chi connectivity index (χ3v) is 4.64. The van der Waals surface area contributed by atoms with Crippen LogP contribution in [0.5, 0.6) is 11.5 Å². The molecule has 0 bridgehead atoms. The van der Waals surface area contributed by atoms with Gasteiger partial charge in [-0.2, -0.15) is 0 Å². The molecule has 0 radical (unpaired) electrons. The zero-order chi connectivity index (χ0) is 19.2. The maximum absolute atomic E-state index is 12.2. The Morgan fingerprint density at radius 3 is 2.48 bits per heavy atom. The zero-order valence-electron chi connectivity index (χ0n) is 15.5. The van der Waals surface area contributed by atoms with Gasteiger partial charge in [0.05, 0.1) is 38.9 Å². The summed E-state index contributed by atoms with van der Waals surface area (Å²) in [5.74, 6) is 1.36. The predicted molar refractivity (Wildman–Crippen MR) is 98.4 cm³/mol. The van der Waals surface area contributed by atoms with Crippen molar-refractivity contribution in [2.24, 2.45) is 11.8 Å². The van der Waals surface area contributed by atoms with Crippen molar-refractivity contribution >= 4 is 11.8 Å². The molecule has 7 nitrogen and oxygen atoms in total. The van der Waals surface area contributed by atoms with E-state index in [4.69, 9.17) is 13.9 Å². The normalized spacial score (nSPS) is 17.9. The highest BCUT2D eigenvalue weighted by Gasteiger charge is 2.47. The third-order valence-electron chi connectivity index (χ3n) is 4.64. The summed E-state index contributed by atoms with van der Waals surface area (Å²) in [5.41, 5.74) is 1.04. The number of furan rings is 1. The van der Waals surface area contributed by atoms with Crippen molar-refractivity contribution in [3.8, 4) is 11.5 Å². The van der Waals surface area contributed by atoms with E-state index >= 15 is 0 Å². The van der Waals surface area contributed by atoms with Crippen LogP contribution in [0.2, 0.25) is 0 Å². The first kappa shape index (κ1) is 18.8. The third kappa shape index (κ3) is 4.81. The molecule has 1 aromatic heterocycles. The number of hydrogen-bond acceptors (Lipinski definition) is 5. The van der Waals surface area contributed by atoms with E-state index in [9.17, 15) is 9.59 Å². The maximum Gasteiger partial charge on any atom is 0.224 e. The Kier molecular flexibility index (Phi) is 6.01. The Labute approximate surface area is 158 Å². The van der Waals surface area contributed by atoms with E-state index in [0.29, 0.717) is 43.2 Å². The molecule has 1 fully saturated rings. The average Bonchev–Trinajstić information content (AvgIpc) is 3.33. The molecule has 2 aromatic rings. The number of hydrogen-bond donors (Lipinski definition) is 2. The van der Waals surface area contributed by atoms with Crippen LogP contribution in [0.3, 0.4) is 0 Å². The number of carbonyl (C=O) groups is 2. The molecule has 1 saturated carbocycles. The number of nitrogens with one attached hydrogen (secondary N) is 2. The molecule has 3 rings (SSSR count). The Bertz CT molecular complexity index is 788. The molecule has 144 valence electrons. The quantitative estimate of drug-likeness (QED) is 0.702. The van der Waals surface area contributed by atoms with Crippen LogP contribution in [0.4, 0.5) is 0 Å². The minimum Gasteiger partial charge on any atom is -0.493 e. The Morgan fingerprint density at radius 2 is 1.81 bits per heavy atom. The highest BCUT2D eigenvalue weighted by Crippen LogP contribution is 2.38. The molecule has 2 amide bonds. The van der Waals surface area contributed by atoms with Gasteiger partial charge < -0.3 is 24.5 Å². The van der Waals surface area contributed by atoms with Crippen LogP contribution in [0.25, 0.3) is 0 Å². The van der Waals surface area contributed by atoms with Crippen molar-refractivity contribution in [1.29, 1.82) is 0 Å². The number of carbonyl (C=O) groups excluding carboxylic acids is 2. The Hall–Kier alpha value is -2.96. The second-order valence-electron chi connectivity index (χ2n) is 6.48. The van der Waals surface area contributed by atoms with Gasteiger partial charge in [-0.3, -0.25) is 9.59 Å². The van der Waals surface area contributed by atoms with Crippen LogP contribution in [-0.2, 0) is 22.6 Å². The highest BCUT2D eigenvalue weighted by molar-refractivity contribution is 5.92. The molecule has 1 aromatic carbocycles. The summed E-state index contributed by atoms with van der Waals surface area (Å²) in [4.78, 5) is 24.3. The van der Waals surface area contributed by atoms with E-state index in [1.807, 2.05) is 18.2 Å². The van der Waals surface area contributed by atoms with Crippen LogP contribution in [0, 0.1) is 11.8 Å². The molecule has 7 heteroatoms. The van der Waals surface area contributed by atoms with Gasteiger partial charge in [0, 0.05) is 6.54 Å². The Balaban J connectivity index is 1.39. The Morgan fingerprint density at radius 1 is 1.07 bits per heavy atom. The van der Waals surface area contributed by atoms with E-state index in [1.54, 1.807) is 32.6 Å². The predicted octanol–water partition coefficient (Wildman–Crippen LogP) is 1.91. The number of amides is 2. The van der Waals surface area contributed by atoms with Gasteiger partial charge >= 0.3 is 0 Å². The summed E-state index contributed by atoms with van der Waals surface area (Å²) >= 11 is 0. The fourth-order valence-electron chi connectivity index (χ4n) is 2.99. The van der Waals surface area contributed by atoms with Crippen LogP contribution in [-0.4, -0.2) is 32.6 Å². The van der Waals surface area contributed by atoms with Gasteiger partial charge in [-0.15, -0.1) is 0 Å². The fourth-order valence-corrected chi connectivity index (χ4v) is 2.99. The second-order valence-corrected chi connectivity index (χ2v) is 6.48. The molecular weight excluding hydrogens is 348 g/mol. The zero-order valence-corrected chi connectivity index (χ0v) is 15.5. The first-order chi connectivity index (χ1) is 13.1. The molecular formula is C20H24N2O5. The van der Waals surface area contributed by atoms with E-state index in [0.717, 1.165) is 5.56 Å². The summed E-state index contributed by atoms with van der Waals surface area (Å²) in [7, 11) is 3.18.